The lowest BCUT2D eigenvalue weighted by molar-refractivity contribution is -0.133. The van der Waals surface area contributed by atoms with Crippen LogP contribution in [0, 0.1) is 11.8 Å². The average Bonchev–Trinajstić information content (AvgIpc) is 3.34. The Kier molecular flexibility index (Phi) is 8.76. The number of sulfonamides is 1. The zero-order chi connectivity index (χ0) is 26.3. The molecule has 2 aromatic carbocycles. The van der Waals surface area contributed by atoms with E-state index < -0.39 is 28.1 Å². The highest BCUT2D eigenvalue weighted by Crippen LogP contribution is 2.29. The highest BCUT2D eigenvalue weighted by molar-refractivity contribution is 7.89. The second kappa shape index (κ2) is 11.8. The number of carboxylic acid groups (broad SMARTS) is 1. The number of ether oxygens (including phenoxy) is 2. The van der Waals surface area contributed by atoms with Gasteiger partial charge in [-0.3, -0.25) is 10.0 Å². The third-order valence-corrected chi connectivity index (χ3v) is 7.46. The predicted octanol–water partition coefficient (Wildman–Crippen LogP) is 2.09. The molecule has 1 heterocycles. The molecule has 36 heavy (non-hydrogen) atoms. The van der Waals surface area contributed by atoms with E-state index in [2.05, 4.69) is 11.8 Å². The average molecular weight is 518 g/mol. The first-order chi connectivity index (χ1) is 17.2. The van der Waals surface area contributed by atoms with E-state index in [9.17, 15) is 23.2 Å². The van der Waals surface area contributed by atoms with Crippen molar-refractivity contribution in [2.24, 2.45) is 0 Å². The zero-order valence-corrected chi connectivity index (χ0v) is 20.6. The molecule has 0 radical (unpaired) electrons. The summed E-state index contributed by atoms with van der Waals surface area (Å²) in [5.74, 6) is 5.37. The SMILES string of the molecule is CC#CCOc1ccc(S(=O)(=O)N(C)[C@@H](C(=O)NO)c2ccc(O[C@H]3CCN(C(=O)O)C3)cc2)cc1. The highest BCUT2D eigenvalue weighted by atomic mass is 32.2. The van der Waals surface area contributed by atoms with E-state index in [0.29, 0.717) is 24.5 Å². The van der Waals surface area contributed by atoms with Crippen LogP contribution >= 0.6 is 0 Å². The Morgan fingerprint density at radius 2 is 1.81 bits per heavy atom. The minimum Gasteiger partial charge on any atom is -0.489 e. The smallest absolute Gasteiger partial charge is 0.407 e. The molecule has 0 unspecified atom stereocenters. The van der Waals surface area contributed by atoms with Gasteiger partial charge in [0.1, 0.15) is 30.3 Å². The Morgan fingerprint density at radius 3 is 2.36 bits per heavy atom. The number of hydrogen-bond donors (Lipinski definition) is 3. The first kappa shape index (κ1) is 26.8. The van der Waals surface area contributed by atoms with Gasteiger partial charge in [-0.1, -0.05) is 18.1 Å². The van der Waals surface area contributed by atoms with Gasteiger partial charge in [0.25, 0.3) is 5.91 Å². The fraction of sp³-hybridized carbons (Fsp3) is 0.333. The number of likely N-dealkylation sites (N-methyl/N-ethyl adjacent to an activating group) is 1. The van der Waals surface area contributed by atoms with Gasteiger partial charge in [0.15, 0.2) is 0 Å². The molecule has 1 saturated heterocycles. The number of hydroxylamine groups is 1. The maximum absolute atomic E-state index is 13.2. The largest absolute Gasteiger partial charge is 0.489 e. The van der Waals surface area contributed by atoms with Crippen molar-refractivity contribution in [3.63, 3.8) is 0 Å². The Morgan fingerprint density at radius 1 is 1.17 bits per heavy atom. The molecule has 0 aliphatic carbocycles. The van der Waals surface area contributed by atoms with Crippen LogP contribution in [0.15, 0.2) is 53.4 Å². The first-order valence-corrected chi connectivity index (χ1v) is 12.4. The number of nitrogens with one attached hydrogen (secondary N) is 1. The number of nitrogens with zero attached hydrogens (tertiary/aromatic N) is 2. The Balaban J connectivity index is 1.77. The number of carbonyl (C=O) groups excluding carboxylic acids is 1. The monoisotopic (exact) mass is 517 g/mol. The van der Waals surface area contributed by atoms with E-state index in [-0.39, 0.29) is 29.7 Å². The second-order valence-corrected chi connectivity index (χ2v) is 9.91. The van der Waals surface area contributed by atoms with E-state index in [0.717, 1.165) is 4.31 Å². The molecule has 2 atom stereocenters. The van der Waals surface area contributed by atoms with Crippen LogP contribution in [0.2, 0.25) is 0 Å². The van der Waals surface area contributed by atoms with Gasteiger partial charge in [0.05, 0.1) is 11.4 Å². The van der Waals surface area contributed by atoms with Crippen LogP contribution in [0.1, 0.15) is 24.9 Å². The summed E-state index contributed by atoms with van der Waals surface area (Å²) in [5, 5.41) is 18.4. The van der Waals surface area contributed by atoms with E-state index in [1.54, 1.807) is 19.1 Å². The van der Waals surface area contributed by atoms with Crippen molar-refractivity contribution in [1.29, 1.82) is 0 Å². The Bertz CT molecular complexity index is 1240. The summed E-state index contributed by atoms with van der Waals surface area (Å²) in [6.45, 7) is 2.46. The number of rotatable bonds is 9. The number of amides is 2. The Labute approximate surface area is 209 Å². The third kappa shape index (κ3) is 6.25. The topological polar surface area (TPSA) is 146 Å². The van der Waals surface area contributed by atoms with E-state index >= 15 is 0 Å². The molecule has 11 nitrogen and oxygen atoms in total. The lowest BCUT2D eigenvalue weighted by atomic mass is 10.1. The van der Waals surface area contributed by atoms with Gasteiger partial charge >= 0.3 is 6.09 Å². The quantitative estimate of drug-likeness (QED) is 0.260. The Hall–Kier alpha value is -3.79. The molecule has 3 N–H and O–H groups in total. The third-order valence-electron chi connectivity index (χ3n) is 5.62. The molecule has 0 bridgehead atoms. The zero-order valence-electron chi connectivity index (χ0n) is 19.7. The maximum Gasteiger partial charge on any atom is 0.407 e. The molecule has 3 rings (SSSR count). The standard InChI is InChI=1S/C24H27N3O8S/c1-3-4-15-34-18-9-11-21(12-10-18)36(32,33)26(2)22(23(28)25-31)17-5-7-19(8-6-17)35-20-13-14-27(16-20)24(29)30/h5-12,20,22,31H,13-16H2,1-2H3,(H,25,28)(H,29,30)/t20-,22+/m0/s1. The molecular formula is C24H27N3O8S. The van der Waals surface area contributed by atoms with Crippen LogP contribution in [-0.4, -0.2) is 72.8 Å². The minimum atomic E-state index is -4.14. The molecular weight excluding hydrogens is 490 g/mol. The first-order valence-electron chi connectivity index (χ1n) is 11.0. The van der Waals surface area contributed by atoms with Crippen LogP contribution in [0.4, 0.5) is 4.79 Å². The molecule has 1 aliphatic rings. The van der Waals surface area contributed by atoms with Gasteiger partial charge in [0, 0.05) is 20.0 Å². The van der Waals surface area contributed by atoms with Crippen LogP contribution in [-0.2, 0) is 14.8 Å². The lowest BCUT2D eigenvalue weighted by Gasteiger charge is -2.26. The summed E-state index contributed by atoms with van der Waals surface area (Å²) >= 11 is 0. The molecule has 1 fully saturated rings. The fourth-order valence-electron chi connectivity index (χ4n) is 3.71. The molecule has 0 spiro atoms. The van der Waals surface area contributed by atoms with Crippen molar-refractivity contribution in [2.45, 2.75) is 30.4 Å². The normalized spacial score (nSPS) is 16.1. The van der Waals surface area contributed by atoms with Gasteiger partial charge in [-0.15, -0.1) is 5.92 Å². The van der Waals surface area contributed by atoms with Crippen molar-refractivity contribution in [3.05, 3.63) is 54.1 Å². The van der Waals surface area contributed by atoms with Gasteiger partial charge in [-0.25, -0.2) is 18.7 Å². The highest BCUT2D eigenvalue weighted by Gasteiger charge is 2.34. The second-order valence-electron chi connectivity index (χ2n) is 7.91. The molecule has 1 aliphatic heterocycles. The summed E-state index contributed by atoms with van der Waals surface area (Å²) in [4.78, 5) is 24.8. The minimum absolute atomic E-state index is 0.0705. The summed E-state index contributed by atoms with van der Waals surface area (Å²) in [5.41, 5.74) is 1.81. The van der Waals surface area contributed by atoms with Crippen LogP contribution in [0.5, 0.6) is 11.5 Å². The van der Waals surface area contributed by atoms with Gasteiger partial charge in [-0.2, -0.15) is 4.31 Å². The molecule has 2 aromatic rings. The van der Waals surface area contributed by atoms with Gasteiger partial charge in [-0.05, 0) is 48.9 Å². The van der Waals surface area contributed by atoms with Crippen molar-refractivity contribution < 1.29 is 37.8 Å². The molecule has 192 valence electrons. The van der Waals surface area contributed by atoms with Crippen molar-refractivity contribution >= 4 is 22.0 Å². The van der Waals surface area contributed by atoms with Gasteiger partial charge < -0.3 is 19.5 Å². The fourth-order valence-corrected chi connectivity index (χ4v) is 5.02. The molecule has 2 amide bonds. The summed E-state index contributed by atoms with van der Waals surface area (Å²) in [6, 6.07) is 10.4. The molecule has 0 saturated carbocycles. The van der Waals surface area contributed by atoms with Crippen LogP contribution < -0.4 is 15.0 Å². The molecule has 12 heteroatoms. The van der Waals surface area contributed by atoms with Crippen molar-refractivity contribution in [2.75, 3.05) is 26.7 Å². The molecule has 0 aromatic heterocycles. The van der Waals surface area contributed by atoms with Crippen LogP contribution in [0.3, 0.4) is 0 Å². The van der Waals surface area contributed by atoms with Crippen molar-refractivity contribution in [1.82, 2.24) is 14.7 Å². The van der Waals surface area contributed by atoms with Crippen LogP contribution in [0.25, 0.3) is 0 Å². The van der Waals surface area contributed by atoms with E-state index in [4.69, 9.17) is 14.6 Å². The van der Waals surface area contributed by atoms with Crippen molar-refractivity contribution in [3.8, 4) is 23.3 Å². The summed E-state index contributed by atoms with van der Waals surface area (Å²) in [6.07, 6.45) is -0.778. The number of carbonyl (C=O) groups is 2. The van der Waals surface area contributed by atoms with E-state index in [1.807, 2.05) is 0 Å². The number of hydrogen-bond acceptors (Lipinski definition) is 7. The maximum atomic E-state index is 13.2. The lowest BCUT2D eigenvalue weighted by Crippen LogP contribution is -2.40. The van der Waals surface area contributed by atoms with Gasteiger partial charge in [0.2, 0.25) is 10.0 Å². The number of benzene rings is 2. The predicted molar refractivity (Wildman–Crippen MR) is 128 cm³/mol. The summed E-state index contributed by atoms with van der Waals surface area (Å²) < 4.78 is 38.6. The number of likely N-dealkylation sites (tertiary alicyclic amines) is 1. The van der Waals surface area contributed by atoms with E-state index in [1.165, 1.54) is 53.8 Å². The summed E-state index contributed by atoms with van der Waals surface area (Å²) in [7, 11) is -2.90.